The van der Waals surface area contributed by atoms with Gasteiger partial charge in [0.25, 0.3) is 0 Å². The third-order valence-electron chi connectivity index (χ3n) is 4.00. The van der Waals surface area contributed by atoms with Crippen LogP contribution in [0.3, 0.4) is 0 Å². The lowest BCUT2D eigenvalue weighted by atomic mass is 9.89. The molecule has 2 rings (SSSR count). The highest BCUT2D eigenvalue weighted by Crippen LogP contribution is 2.30. The maximum Gasteiger partial charge on any atom is 0.319 e. The molecule has 1 aliphatic carbocycles. The van der Waals surface area contributed by atoms with Crippen LogP contribution in [0.5, 0.6) is 5.75 Å². The number of hydrogen-bond acceptors (Lipinski definition) is 2. The van der Waals surface area contributed by atoms with Crippen LogP contribution in [0, 0.1) is 12.8 Å². The van der Waals surface area contributed by atoms with Gasteiger partial charge in [-0.25, -0.2) is 4.79 Å². The quantitative estimate of drug-likeness (QED) is 0.868. The Morgan fingerprint density at radius 2 is 2.05 bits per heavy atom. The number of hydrogen-bond donors (Lipinski definition) is 2. The Morgan fingerprint density at radius 1 is 1.33 bits per heavy atom. The molecule has 0 unspecified atom stereocenters. The fourth-order valence-corrected chi connectivity index (χ4v) is 2.88. The van der Waals surface area contributed by atoms with Crippen LogP contribution in [0.1, 0.15) is 37.7 Å². The van der Waals surface area contributed by atoms with Crippen molar-refractivity contribution in [1.29, 1.82) is 0 Å². The Kier molecular flexibility index (Phi) is 5.74. The van der Waals surface area contributed by atoms with Crippen LogP contribution in [0.15, 0.2) is 12.1 Å². The van der Waals surface area contributed by atoms with Gasteiger partial charge in [0.2, 0.25) is 0 Å². The Balaban J connectivity index is 1.91. The van der Waals surface area contributed by atoms with Crippen LogP contribution in [-0.2, 0) is 0 Å². The highest BCUT2D eigenvalue weighted by Gasteiger charge is 2.15. The molecular formula is C16H23ClN2O2. The molecule has 1 aliphatic rings. The molecule has 0 atom stereocenters. The number of benzene rings is 1. The SMILES string of the molecule is COc1cc(Cl)c(C)cc1NC(=O)NCC1CCCCC1. The molecule has 0 aromatic heterocycles. The number of rotatable bonds is 4. The lowest BCUT2D eigenvalue weighted by Gasteiger charge is -2.22. The van der Waals surface area contributed by atoms with Gasteiger partial charge >= 0.3 is 6.03 Å². The number of carbonyl (C=O) groups is 1. The molecule has 5 heteroatoms. The summed E-state index contributed by atoms with van der Waals surface area (Å²) in [5.41, 5.74) is 1.54. The van der Waals surface area contributed by atoms with Crippen molar-refractivity contribution in [2.24, 2.45) is 5.92 Å². The molecule has 0 bridgehead atoms. The normalized spacial score (nSPS) is 15.6. The van der Waals surface area contributed by atoms with Gasteiger partial charge in [-0.3, -0.25) is 0 Å². The minimum Gasteiger partial charge on any atom is -0.495 e. The highest BCUT2D eigenvalue weighted by molar-refractivity contribution is 6.31. The van der Waals surface area contributed by atoms with Crippen LogP contribution >= 0.6 is 11.6 Å². The molecule has 0 aliphatic heterocycles. The first-order chi connectivity index (χ1) is 10.1. The number of carbonyl (C=O) groups excluding carboxylic acids is 1. The summed E-state index contributed by atoms with van der Waals surface area (Å²) < 4.78 is 5.25. The first-order valence-corrected chi connectivity index (χ1v) is 7.87. The van der Waals surface area contributed by atoms with Gasteiger partial charge in [-0.1, -0.05) is 30.9 Å². The zero-order valence-electron chi connectivity index (χ0n) is 12.7. The number of halogens is 1. The monoisotopic (exact) mass is 310 g/mol. The minimum absolute atomic E-state index is 0.194. The summed E-state index contributed by atoms with van der Waals surface area (Å²) >= 11 is 6.06. The smallest absolute Gasteiger partial charge is 0.319 e. The van der Waals surface area contributed by atoms with Crippen molar-refractivity contribution in [3.8, 4) is 5.75 Å². The molecule has 116 valence electrons. The number of methoxy groups -OCH3 is 1. The average Bonchev–Trinajstić information content (AvgIpc) is 2.49. The van der Waals surface area contributed by atoms with E-state index in [0.29, 0.717) is 22.4 Å². The van der Waals surface area contributed by atoms with Crippen molar-refractivity contribution in [2.75, 3.05) is 19.0 Å². The zero-order chi connectivity index (χ0) is 15.2. The molecule has 1 aromatic carbocycles. The topological polar surface area (TPSA) is 50.4 Å². The van der Waals surface area contributed by atoms with Gasteiger partial charge < -0.3 is 15.4 Å². The molecule has 0 saturated heterocycles. The van der Waals surface area contributed by atoms with Gasteiger partial charge in [-0.15, -0.1) is 0 Å². The van der Waals surface area contributed by atoms with E-state index in [9.17, 15) is 4.79 Å². The minimum atomic E-state index is -0.194. The van der Waals surface area contributed by atoms with Gasteiger partial charge in [0.15, 0.2) is 0 Å². The fraction of sp³-hybridized carbons (Fsp3) is 0.562. The van der Waals surface area contributed by atoms with Crippen molar-refractivity contribution in [3.63, 3.8) is 0 Å². The fourth-order valence-electron chi connectivity index (χ4n) is 2.72. The molecule has 0 spiro atoms. The van der Waals surface area contributed by atoms with E-state index in [1.807, 2.05) is 13.0 Å². The summed E-state index contributed by atoms with van der Waals surface area (Å²) in [6.45, 7) is 2.63. The standard InChI is InChI=1S/C16H23ClN2O2/c1-11-8-14(15(21-2)9-13(11)17)19-16(20)18-10-12-6-4-3-5-7-12/h8-9,12H,3-7,10H2,1-2H3,(H2,18,19,20). The summed E-state index contributed by atoms with van der Waals surface area (Å²) in [4.78, 5) is 12.0. The lowest BCUT2D eigenvalue weighted by molar-refractivity contribution is 0.247. The van der Waals surface area contributed by atoms with E-state index >= 15 is 0 Å². The Hall–Kier alpha value is -1.42. The summed E-state index contributed by atoms with van der Waals surface area (Å²) in [7, 11) is 1.56. The number of amides is 2. The molecule has 0 heterocycles. The van der Waals surface area contributed by atoms with Gasteiger partial charge in [-0.05, 0) is 37.3 Å². The van der Waals surface area contributed by atoms with Crippen LogP contribution in [0.2, 0.25) is 5.02 Å². The van der Waals surface area contributed by atoms with E-state index in [4.69, 9.17) is 16.3 Å². The second-order valence-electron chi connectivity index (χ2n) is 5.64. The summed E-state index contributed by atoms with van der Waals surface area (Å²) in [5.74, 6) is 1.18. The van der Waals surface area contributed by atoms with E-state index in [1.54, 1.807) is 13.2 Å². The molecule has 2 amide bonds. The van der Waals surface area contributed by atoms with Crippen molar-refractivity contribution >= 4 is 23.3 Å². The molecule has 21 heavy (non-hydrogen) atoms. The maximum atomic E-state index is 12.0. The van der Waals surface area contributed by atoms with Gasteiger partial charge in [0, 0.05) is 17.6 Å². The first kappa shape index (κ1) is 16.0. The second-order valence-corrected chi connectivity index (χ2v) is 6.05. The van der Waals surface area contributed by atoms with Crippen molar-refractivity contribution in [1.82, 2.24) is 5.32 Å². The first-order valence-electron chi connectivity index (χ1n) is 7.49. The van der Waals surface area contributed by atoms with Crippen molar-refractivity contribution in [3.05, 3.63) is 22.7 Å². The van der Waals surface area contributed by atoms with E-state index in [0.717, 1.165) is 12.1 Å². The number of anilines is 1. The lowest BCUT2D eigenvalue weighted by Crippen LogP contribution is -2.33. The van der Waals surface area contributed by atoms with Crippen molar-refractivity contribution in [2.45, 2.75) is 39.0 Å². The molecule has 2 N–H and O–H groups in total. The number of urea groups is 1. The van der Waals surface area contributed by atoms with E-state index in [2.05, 4.69) is 10.6 Å². The number of aryl methyl sites for hydroxylation is 1. The average molecular weight is 311 g/mol. The molecule has 1 fully saturated rings. The summed E-state index contributed by atoms with van der Waals surface area (Å²) in [5, 5.41) is 6.41. The van der Waals surface area contributed by atoms with E-state index < -0.39 is 0 Å². The van der Waals surface area contributed by atoms with Gasteiger partial charge in [0.1, 0.15) is 5.75 Å². The van der Waals surface area contributed by atoms with Crippen LogP contribution in [0.25, 0.3) is 0 Å². The van der Waals surface area contributed by atoms with Crippen LogP contribution in [-0.4, -0.2) is 19.7 Å². The predicted molar refractivity (Wildman–Crippen MR) is 86.3 cm³/mol. The Bertz CT molecular complexity index is 499. The third kappa shape index (κ3) is 4.53. The van der Waals surface area contributed by atoms with Crippen LogP contribution < -0.4 is 15.4 Å². The molecular weight excluding hydrogens is 288 g/mol. The Morgan fingerprint density at radius 3 is 2.71 bits per heavy atom. The number of nitrogens with one attached hydrogen (secondary N) is 2. The van der Waals surface area contributed by atoms with E-state index in [1.165, 1.54) is 32.1 Å². The number of ether oxygens (including phenoxy) is 1. The van der Waals surface area contributed by atoms with Crippen LogP contribution in [0.4, 0.5) is 10.5 Å². The molecule has 1 aromatic rings. The zero-order valence-corrected chi connectivity index (χ0v) is 13.4. The second kappa shape index (κ2) is 7.55. The molecule has 4 nitrogen and oxygen atoms in total. The van der Waals surface area contributed by atoms with Gasteiger partial charge in [-0.2, -0.15) is 0 Å². The maximum absolute atomic E-state index is 12.0. The highest BCUT2D eigenvalue weighted by atomic mass is 35.5. The predicted octanol–water partition coefficient (Wildman–Crippen LogP) is 4.36. The Labute approximate surface area is 131 Å². The van der Waals surface area contributed by atoms with Crippen molar-refractivity contribution < 1.29 is 9.53 Å². The molecule has 1 saturated carbocycles. The van der Waals surface area contributed by atoms with E-state index in [-0.39, 0.29) is 6.03 Å². The molecule has 0 radical (unpaired) electrons. The summed E-state index contributed by atoms with van der Waals surface area (Å²) in [6.07, 6.45) is 6.30. The third-order valence-corrected chi connectivity index (χ3v) is 4.41. The summed E-state index contributed by atoms with van der Waals surface area (Å²) in [6, 6.07) is 3.34. The van der Waals surface area contributed by atoms with Gasteiger partial charge in [0.05, 0.1) is 12.8 Å². The largest absolute Gasteiger partial charge is 0.495 e.